The molecule has 0 radical (unpaired) electrons. The number of nitrogens with zero attached hydrogens (tertiary/aromatic N) is 2. The van der Waals surface area contributed by atoms with Gasteiger partial charge in [-0.3, -0.25) is 4.79 Å². The first kappa shape index (κ1) is 11.5. The minimum absolute atomic E-state index is 0.319. The Kier molecular flexibility index (Phi) is 3.29. The number of aliphatic carboxylic acids is 1. The number of nitrogens with one attached hydrogen (secondary N) is 1. The Morgan fingerprint density at radius 2 is 2.18 bits per heavy atom. The van der Waals surface area contributed by atoms with Gasteiger partial charge in [-0.05, 0) is 25.0 Å². The maximum absolute atomic E-state index is 11.7. The highest BCUT2D eigenvalue weighted by atomic mass is 16.5. The Labute approximate surface area is 96.8 Å². The normalized spacial score (nSPS) is 23.3. The van der Waals surface area contributed by atoms with Gasteiger partial charge in [0.1, 0.15) is 6.10 Å². The second-order valence-corrected chi connectivity index (χ2v) is 3.63. The summed E-state index contributed by atoms with van der Waals surface area (Å²) in [5.41, 5.74) is 0. The summed E-state index contributed by atoms with van der Waals surface area (Å²) in [5, 5.41) is 18.5. The summed E-state index contributed by atoms with van der Waals surface area (Å²) in [4.78, 5) is 22.3. The number of aromatic nitrogens is 2. The lowest BCUT2D eigenvalue weighted by atomic mass is 10.2. The zero-order chi connectivity index (χ0) is 12.3. The third-order valence-corrected chi connectivity index (χ3v) is 2.41. The maximum Gasteiger partial charge on any atom is 0.332 e. The zero-order valence-corrected chi connectivity index (χ0v) is 8.87. The molecule has 0 aliphatic carbocycles. The summed E-state index contributed by atoms with van der Waals surface area (Å²) in [6, 6.07) is 3.23. The first-order chi connectivity index (χ1) is 8.16. The lowest BCUT2D eigenvalue weighted by Gasteiger charge is -2.10. The average molecular weight is 237 g/mol. The fourth-order valence-corrected chi connectivity index (χ4v) is 1.59. The molecule has 0 aromatic carbocycles. The minimum Gasteiger partial charge on any atom is -0.479 e. The Balaban J connectivity index is 1.92. The van der Waals surface area contributed by atoms with E-state index in [2.05, 4.69) is 15.5 Å². The van der Waals surface area contributed by atoms with Crippen LogP contribution in [0.3, 0.4) is 0 Å². The predicted octanol–water partition coefficient (Wildman–Crippen LogP) is 0.0473. The van der Waals surface area contributed by atoms with Crippen LogP contribution in [0.2, 0.25) is 0 Å². The number of hydrogen-bond acceptors (Lipinski definition) is 5. The third kappa shape index (κ3) is 2.76. The summed E-state index contributed by atoms with van der Waals surface area (Å²) in [6.07, 6.45) is 0.588. The van der Waals surface area contributed by atoms with Crippen molar-refractivity contribution in [3.63, 3.8) is 0 Å². The highest BCUT2D eigenvalue weighted by Gasteiger charge is 2.34. The van der Waals surface area contributed by atoms with E-state index in [4.69, 9.17) is 9.84 Å². The molecule has 1 fully saturated rings. The van der Waals surface area contributed by atoms with Gasteiger partial charge in [-0.2, -0.15) is 5.10 Å². The van der Waals surface area contributed by atoms with Gasteiger partial charge in [0.2, 0.25) is 0 Å². The topological polar surface area (TPSA) is 101 Å². The SMILES string of the molecule is O=C(Nc1cccnn1)[C@@H]1CC[C@H](C(=O)O)O1. The highest BCUT2D eigenvalue weighted by Crippen LogP contribution is 2.20. The summed E-state index contributed by atoms with van der Waals surface area (Å²) in [5.74, 6) is -1.12. The van der Waals surface area contributed by atoms with Crippen molar-refractivity contribution in [2.24, 2.45) is 0 Å². The van der Waals surface area contributed by atoms with Crippen molar-refractivity contribution in [1.82, 2.24) is 10.2 Å². The van der Waals surface area contributed by atoms with E-state index in [1.165, 1.54) is 6.20 Å². The molecule has 1 saturated heterocycles. The van der Waals surface area contributed by atoms with E-state index < -0.39 is 24.1 Å². The van der Waals surface area contributed by atoms with Crippen molar-refractivity contribution in [1.29, 1.82) is 0 Å². The highest BCUT2D eigenvalue weighted by molar-refractivity contribution is 5.93. The number of rotatable bonds is 3. The Morgan fingerprint density at radius 3 is 2.76 bits per heavy atom. The van der Waals surface area contributed by atoms with E-state index in [0.29, 0.717) is 18.7 Å². The van der Waals surface area contributed by atoms with Gasteiger partial charge in [0.05, 0.1) is 0 Å². The Hall–Kier alpha value is -2.02. The zero-order valence-electron chi connectivity index (χ0n) is 8.87. The number of amides is 1. The molecule has 2 atom stereocenters. The molecule has 0 bridgehead atoms. The van der Waals surface area contributed by atoms with Crippen molar-refractivity contribution in [2.45, 2.75) is 25.0 Å². The summed E-state index contributed by atoms with van der Waals surface area (Å²) in [7, 11) is 0. The summed E-state index contributed by atoms with van der Waals surface area (Å²) in [6.45, 7) is 0. The molecule has 1 aromatic heterocycles. The van der Waals surface area contributed by atoms with Crippen LogP contribution in [0, 0.1) is 0 Å². The van der Waals surface area contributed by atoms with Crippen LogP contribution in [-0.2, 0) is 14.3 Å². The molecule has 7 nitrogen and oxygen atoms in total. The molecule has 2 rings (SSSR count). The number of carbonyl (C=O) groups is 2. The number of ether oxygens (including phenoxy) is 1. The van der Waals surface area contributed by atoms with Crippen LogP contribution in [0.25, 0.3) is 0 Å². The fourth-order valence-electron chi connectivity index (χ4n) is 1.59. The molecular weight excluding hydrogens is 226 g/mol. The molecule has 0 saturated carbocycles. The first-order valence-corrected chi connectivity index (χ1v) is 5.13. The number of anilines is 1. The predicted molar refractivity (Wildman–Crippen MR) is 56.2 cm³/mol. The monoisotopic (exact) mass is 237 g/mol. The van der Waals surface area contributed by atoms with Crippen LogP contribution in [0.1, 0.15) is 12.8 Å². The molecule has 0 spiro atoms. The van der Waals surface area contributed by atoms with Gasteiger partial charge in [0, 0.05) is 6.20 Å². The molecule has 1 aromatic rings. The summed E-state index contributed by atoms with van der Waals surface area (Å²) < 4.78 is 5.10. The number of carboxylic acids is 1. The fraction of sp³-hybridized carbons (Fsp3) is 0.400. The molecule has 90 valence electrons. The lowest BCUT2D eigenvalue weighted by Crippen LogP contribution is -2.30. The van der Waals surface area contributed by atoms with Crippen LogP contribution in [0.15, 0.2) is 18.3 Å². The van der Waals surface area contributed by atoms with Crippen molar-refractivity contribution >= 4 is 17.7 Å². The van der Waals surface area contributed by atoms with E-state index >= 15 is 0 Å². The van der Waals surface area contributed by atoms with Gasteiger partial charge < -0.3 is 15.2 Å². The van der Waals surface area contributed by atoms with Crippen molar-refractivity contribution in [2.75, 3.05) is 5.32 Å². The Morgan fingerprint density at radius 1 is 1.41 bits per heavy atom. The van der Waals surface area contributed by atoms with E-state index in [0.717, 1.165) is 0 Å². The molecule has 2 N–H and O–H groups in total. The van der Waals surface area contributed by atoms with Gasteiger partial charge in [0.25, 0.3) is 5.91 Å². The molecule has 1 aliphatic heterocycles. The van der Waals surface area contributed by atoms with Gasteiger partial charge in [-0.1, -0.05) is 0 Å². The summed E-state index contributed by atoms with van der Waals surface area (Å²) >= 11 is 0. The van der Waals surface area contributed by atoms with E-state index in [9.17, 15) is 9.59 Å². The number of hydrogen-bond donors (Lipinski definition) is 2. The molecule has 0 unspecified atom stereocenters. The average Bonchev–Trinajstić information content (AvgIpc) is 2.79. The van der Waals surface area contributed by atoms with Crippen LogP contribution in [-0.4, -0.2) is 39.4 Å². The first-order valence-electron chi connectivity index (χ1n) is 5.13. The van der Waals surface area contributed by atoms with Crippen molar-refractivity contribution in [3.8, 4) is 0 Å². The van der Waals surface area contributed by atoms with Crippen LogP contribution in [0.5, 0.6) is 0 Å². The lowest BCUT2D eigenvalue weighted by molar-refractivity contribution is -0.150. The van der Waals surface area contributed by atoms with E-state index in [1.54, 1.807) is 12.1 Å². The second kappa shape index (κ2) is 4.88. The van der Waals surface area contributed by atoms with Gasteiger partial charge in [-0.25, -0.2) is 4.79 Å². The third-order valence-electron chi connectivity index (χ3n) is 2.41. The van der Waals surface area contributed by atoms with Gasteiger partial charge in [-0.15, -0.1) is 5.10 Å². The smallest absolute Gasteiger partial charge is 0.332 e. The number of carbonyl (C=O) groups excluding carboxylic acids is 1. The van der Waals surface area contributed by atoms with Crippen LogP contribution >= 0.6 is 0 Å². The minimum atomic E-state index is -1.04. The molecule has 1 aliphatic rings. The van der Waals surface area contributed by atoms with Crippen molar-refractivity contribution < 1.29 is 19.4 Å². The molecule has 2 heterocycles. The Bertz CT molecular complexity index is 423. The van der Waals surface area contributed by atoms with Gasteiger partial charge >= 0.3 is 5.97 Å². The largest absolute Gasteiger partial charge is 0.479 e. The van der Waals surface area contributed by atoms with Crippen molar-refractivity contribution in [3.05, 3.63) is 18.3 Å². The molecule has 17 heavy (non-hydrogen) atoms. The molecular formula is C10H11N3O4. The molecule has 1 amide bonds. The van der Waals surface area contributed by atoms with Crippen LogP contribution < -0.4 is 5.32 Å². The molecule has 7 heteroatoms. The van der Waals surface area contributed by atoms with E-state index in [-0.39, 0.29) is 0 Å². The number of carboxylic acid groups (broad SMARTS) is 1. The standard InChI is InChI=1S/C10H11N3O4/c14-9(12-8-2-1-5-11-13-8)6-3-4-7(17-6)10(15)16/h1-2,5-7H,3-4H2,(H,15,16)(H,12,13,14)/t6-,7+/m0/s1. The van der Waals surface area contributed by atoms with Crippen LogP contribution in [0.4, 0.5) is 5.82 Å². The van der Waals surface area contributed by atoms with Gasteiger partial charge in [0.15, 0.2) is 11.9 Å². The maximum atomic E-state index is 11.7. The van der Waals surface area contributed by atoms with E-state index in [1.807, 2.05) is 0 Å². The second-order valence-electron chi connectivity index (χ2n) is 3.63. The quantitative estimate of drug-likeness (QED) is 0.770.